The minimum Gasteiger partial charge on any atom is -0.465 e. The van der Waals surface area contributed by atoms with E-state index in [2.05, 4.69) is 39.8 Å². The van der Waals surface area contributed by atoms with Crippen molar-refractivity contribution >= 4 is 5.97 Å². The number of rotatable bonds is 6. The minimum absolute atomic E-state index is 0.00490. The van der Waals surface area contributed by atoms with Crippen molar-refractivity contribution in [2.45, 2.75) is 60.3 Å². The van der Waals surface area contributed by atoms with E-state index in [-0.39, 0.29) is 11.4 Å². The molecule has 0 aromatic carbocycles. The first-order chi connectivity index (χ1) is 9.41. The molecule has 0 aliphatic heterocycles. The molecular formula is C18H28O2. The van der Waals surface area contributed by atoms with Gasteiger partial charge in [-0.3, -0.25) is 4.79 Å². The number of unbranched alkanes of at least 4 members (excludes halogenated alkanes) is 2. The molecule has 0 amide bonds. The fourth-order valence-corrected chi connectivity index (χ4v) is 4.08. The predicted octanol–water partition coefficient (Wildman–Crippen LogP) is 4.66. The Labute approximate surface area is 123 Å². The first-order valence-corrected chi connectivity index (χ1v) is 7.99. The molecule has 0 spiro atoms. The van der Waals surface area contributed by atoms with Gasteiger partial charge in [0.05, 0.1) is 12.0 Å². The standard InChI is InChI=1S/C18H28O2/c1-6-8-9-10-14-11-13(3)12-18(16(19)20-7-2)15(14)17(18,4)5/h11-12,15H,6-10H2,1-5H3. The Balaban J connectivity index is 2.24. The summed E-state index contributed by atoms with van der Waals surface area (Å²) in [4.78, 5) is 12.5. The van der Waals surface area contributed by atoms with Crippen LogP contribution in [-0.2, 0) is 9.53 Å². The third kappa shape index (κ3) is 2.13. The SMILES string of the molecule is CCCCCC1=CC(C)=CC2(C(=O)OCC)C1C2(C)C. The van der Waals surface area contributed by atoms with Gasteiger partial charge in [-0.15, -0.1) is 0 Å². The number of carbonyl (C=O) groups excluding carboxylic acids is 1. The van der Waals surface area contributed by atoms with Crippen LogP contribution in [0.5, 0.6) is 0 Å². The summed E-state index contributed by atoms with van der Waals surface area (Å²) in [6, 6.07) is 0. The Kier molecular flexibility index (Phi) is 4.13. The van der Waals surface area contributed by atoms with Gasteiger partial charge in [0.25, 0.3) is 0 Å². The number of carbonyl (C=O) groups is 1. The highest BCUT2D eigenvalue weighted by Crippen LogP contribution is 2.75. The molecule has 2 aliphatic carbocycles. The van der Waals surface area contributed by atoms with Gasteiger partial charge >= 0.3 is 5.97 Å². The molecule has 2 aliphatic rings. The number of hydrogen-bond donors (Lipinski definition) is 0. The third-order valence-corrected chi connectivity index (χ3v) is 5.08. The number of fused-ring (bicyclic) bond motifs is 1. The van der Waals surface area contributed by atoms with E-state index in [1.54, 1.807) is 0 Å². The van der Waals surface area contributed by atoms with E-state index < -0.39 is 5.41 Å². The second-order valence-electron chi connectivity index (χ2n) is 6.81. The molecular weight excluding hydrogens is 248 g/mol. The van der Waals surface area contributed by atoms with E-state index in [4.69, 9.17) is 4.74 Å². The van der Waals surface area contributed by atoms with Crippen LogP contribution in [-0.4, -0.2) is 12.6 Å². The molecule has 2 heteroatoms. The van der Waals surface area contributed by atoms with E-state index in [1.807, 2.05) is 6.92 Å². The van der Waals surface area contributed by atoms with Crippen LogP contribution in [0.1, 0.15) is 60.3 Å². The van der Waals surface area contributed by atoms with Crippen molar-refractivity contribution in [3.63, 3.8) is 0 Å². The van der Waals surface area contributed by atoms with Gasteiger partial charge < -0.3 is 4.74 Å². The van der Waals surface area contributed by atoms with Crippen LogP contribution in [0.15, 0.2) is 23.3 Å². The highest BCUT2D eigenvalue weighted by molar-refractivity contribution is 5.87. The zero-order valence-electron chi connectivity index (χ0n) is 13.6. The molecule has 2 unspecified atom stereocenters. The molecule has 0 heterocycles. The summed E-state index contributed by atoms with van der Waals surface area (Å²) in [6.45, 7) is 11.1. The topological polar surface area (TPSA) is 26.3 Å². The van der Waals surface area contributed by atoms with Crippen LogP contribution in [0.4, 0.5) is 0 Å². The molecule has 2 atom stereocenters. The van der Waals surface area contributed by atoms with Gasteiger partial charge in [0, 0.05) is 5.92 Å². The largest absolute Gasteiger partial charge is 0.465 e. The summed E-state index contributed by atoms with van der Waals surface area (Å²) in [5.41, 5.74) is 2.27. The van der Waals surface area contributed by atoms with Gasteiger partial charge in [-0.25, -0.2) is 0 Å². The maximum Gasteiger partial charge on any atom is 0.317 e. The normalized spacial score (nSPS) is 30.1. The number of hydrogen-bond acceptors (Lipinski definition) is 2. The zero-order valence-corrected chi connectivity index (χ0v) is 13.6. The maximum absolute atomic E-state index is 12.5. The molecule has 0 aromatic rings. The molecule has 0 saturated heterocycles. The summed E-state index contributed by atoms with van der Waals surface area (Å²) in [5, 5.41) is 0. The Morgan fingerprint density at radius 1 is 1.30 bits per heavy atom. The average Bonchev–Trinajstić information content (AvgIpc) is 2.88. The van der Waals surface area contributed by atoms with Crippen molar-refractivity contribution in [1.29, 1.82) is 0 Å². The van der Waals surface area contributed by atoms with E-state index >= 15 is 0 Å². The smallest absolute Gasteiger partial charge is 0.317 e. The Morgan fingerprint density at radius 2 is 2.00 bits per heavy atom. The first kappa shape index (κ1) is 15.3. The Morgan fingerprint density at radius 3 is 2.60 bits per heavy atom. The summed E-state index contributed by atoms with van der Waals surface area (Å²) in [7, 11) is 0. The molecule has 20 heavy (non-hydrogen) atoms. The maximum atomic E-state index is 12.5. The lowest BCUT2D eigenvalue weighted by atomic mass is 9.87. The lowest BCUT2D eigenvalue weighted by Gasteiger charge is -2.19. The second-order valence-corrected chi connectivity index (χ2v) is 6.81. The average molecular weight is 276 g/mol. The minimum atomic E-state index is -0.399. The molecule has 2 rings (SSSR count). The van der Waals surface area contributed by atoms with Crippen LogP contribution in [0, 0.1) is 16.7 Å². The molecule has 1 fully saturated rings. The van der Waals surface area contributed by atoms with E-state index in [0.717, 1.165) is 6.42 Å². The van der Waals surface area contributed by atoms with Gasteiger partial charge in [-0.2, -0.15) is 0 Å². The van der Waals surface area contributed by atoms with Crippen LogP contribution in [0.2, 0.25) is 0 Å². The highest BCUT2D eigenvalue weighted by atomic mass is 16.5. The monoisotopic (exact) mass is 276 g/mol. The number of esters is 1. The van der Waals surface area contributed by atoms with E-state index in [1.165, 1.54) is 30.4 Å². The summed E-state index contributed by atoms with van der Waals surface area (Å²) in [6.07, 6.45) is 9.29. The molecule has 2 nitrogen and oxygen atoms in total. The van der Waals surface area contributed by atoms with Crippen molar-refractivity contribution < 1.29 is 9.53 Å². The van der Waals surface area contributed by atoms with Crippen LogP contribution >= 0.6 is 0 Å². The number of allylic oxidation sites excluding steroid dienone is 3. The fraction of sp³-hybridized carbons (Fsp3) is 0.722. The van der Waals surface area contributed by atoms with E-state index in [9.17, 15) is 4.79 Å². The van der Waals surface area contributed by atoms with Crippen molar-refractivity contribution in [3.05, 3.63) is 23.3 Å². The molecule has 0 bridgehead atoms. The van der Waals surface area contributed by atoms with Gasteiger partial charge in [0.15, 0.2) is 0 Å². The molecule has 0 aromatic heterocycles. The zero-order chi connectivity index (χ0) is 15.0. The van der Waals surface area contributed by atoms with Crippen molar-refractivity contribution in [1.82, 2.24) is 0 Å². The summed E-state index contributed by atoms with van der Waals surface area (Å²) in [5.74, 6) is 0.310. The van der Waals surface area contributed by atoms with Crippen molar-refractivity contribution in [3.8, 4) is 0 Å². The van der Waals surface area contributed by atoms with Gasteiger partial charge in [-0.05, 0) is 32.1 Å². The quantitative estimate of drug-likeness (QED) is 0.521. The lowest BCUT2D eigenvalue weighted by molar-refractivity contribution is -0.149. The molecule has 112 valence electrons. The van der Waals surface area contributed by atoms with Crippen LogP contribution in [0.3, 0.4) is 0 Å². The summed E-state index contributed by atoms with van der Waals surface area (Å²) >= 11 is 0. The van der Waals surface area contributed by atoms with Crippen molar-refractivity contribution in [2.24, 2.45) is 16.7 Å². The molecule has 1 saturated carbocycles. The highest BCUT2D eigenvalue weighted by Gasteiger charge is 2.76. The van der Waals surface area contributed by atoms with Crippen LogP contribution in [0.25, 0.3) is 0 Å². The van der Waals surface area contributed by atoms with Crippen LogP contribution < -0.4 is 0 Å². The van der Waals surface area contributed by atoms with Gasteiger partial charge in [0.1, 0.15) is 0 Å². The predicted molar refractivity (Wildman–Crippen MR) is 82.3 cm³/mol. The molecule has 0 radical (unpaired) electrons. The lowest BCUT2D eigenvalue weighted by Crippen LogP contribution is -2.24. The van der Waals surface area contributed by atoms with E-state index in [0.29, 0.717) is 12.5 Å². The Bertz CT molecular complexity index is 456. The molecule has 0 N–H and O–H groups in total. The Hall–Kier alpha value is -1.05. The number of ether oxygens (including phenoxy) is 1. The second kappa shape index (κ2) is 5.38. The fourth-order valence-electron chi connectivity index (χ4n) is 4.08. The third-order valence-electron chi connectivity index (χ3n) is 5.08. The van der Waals surface area contributed by atoms with Gasteiger partial charge in [-0.1, -0.05) is 56.9 Å². The summed E-state index contributed by atoms with van der Waals surface area (Å²) < 4.78 is 5.37. The van der Waals surface area contributed by atoms with Crippen molar-refractivity contribution in [2.75, 3.05) is 6.61 Å². The van der Waals surface area contributed by atoms with Gasteiger partial charge in [0.2, 0.25) is 0 Å². The first-order valence-electron chi connectivity index (χ1n) is 7.99.